The molecule has 0 spiro atoms. The Morgan fingerprint density at radius 1 is 1.53 bits per heavy atom. The average Bonchev–Trinajstić information content (AvgIpc) is 2.47. The van der Waals surface area contributed by atoms with Gasteiger partial charge in [-0.3, -0.25) is 0 Å². The third kappa shape index (κ3) is 5.23. The second kappa shape index (κ2) is 5.03. The Hall–Kier alpha value is -0.480. The lowest BCUT2D eigenvalue weighted by atomic mass is 10.1. The van der Waals surface area contributed by atoms with Gasteiger partial charge in [0.15, 0.2) is 0 Å². The topological polar surface area (TPSA) is 38.1 Å². The number of rotatable bonds is 4. The molecular weight excluding hydrogens is 208 g/mol. The van der Waals surface area contributed by atoms with Crippen LogP contribution in [0.5, 0.6) is 0 Å². The molecule has 4 heteroatoms. The van der Waals surface area contributed by atoms with Crippen LogP contribution in [0.15, 0.2) is 15.9 Å². The van der Waals surface area contributed by atoms with Crippen LogP contribution >= 0.6 is 11.8 Å². The minimum Gasteiger partial charge on any atom is -0.440 e. The van der Waals surface area contributed by atoms with Crippen LogP contribution < -0.4 is 5.32 Å². The van der Waals surface area contributed by atoms with Crippen LogP contribution in [0.4, 0.5) is 0 Å². The van der Waals surface area contributed by atoms with Crippen molar-refractivity contribution in [2.75, 3.05) is 6.54 Å². The summed E-state index contributed by atoms with van der Waals surface area (Å²) < 4.78 is 5.29. The molecule has 0 bridgehead atoms. The van der Waals surface area contributed by atoms with E-state index in [-0.39, 0.29) is 5.54 Å². The van der Waals surface area contributed by atoms with Crippen molar-refractivity contribution in [1.82, 2.24) is 10.3 Å². The maximum absolute atomic E-state index is 5.29. The highest BCUT2D eigenvalue weighted by atomic mass is 32.2. The van der Waals surface area contributed by atoms with Crippen LogP contribution in [0.3, 0.4) is 0 Å². The lowest BCUT2D eigenvalue weighted by Crippen LogP contribution is -2.39. The highest BCUT2D eigenvalue weighted by Crippen LogP contribution is 2.21. The highest BCUT2D eigenvalue weighted by molar-refractivity contribution is 7.99. The van der Waals surface area contributed by atoms with Crippen molar-refractivity contribution in [3.63, 3.8) is 0 Å². The number of nitrogens with one attached hydrogen (secondary N) is 1. The van der Waals surface area contributed by atoms with Crippen molar-refractivity contribution in [1.29, 1.82) is 0 Å². The van der Waals surface area contributed by atoms with Crippen molar-refractivity contribution < 1.29 is 4.42 Å². The van der Waals surface area contributed by atoms with Gasteiger partial charge in [-0.05, 0) is 27.7 Å². The Kier molecular flexibility index (Phi) is 4.22. The molecule has 0 aliphatic carbocycles. The summed E-state index contributed by atoms with van der Waals surface area (Å²) in [4.78, 5) is 4.26. The van der Waals surface area contributed by atoms with Crippen LogP contribution in [-0.4, -0.2) is 22.3 Å². The molecule has 0 aromatic carbocycles. The van der Waals surface area contributed by atoms with E-state index >= 15 is 0 Å². The molecule has 0 radical (unpaired) electrons. The van der Waals surface area contributed by atoms with Gasteiger partial charge < -0.3 is 9.73 Å². The van der Waals surface area contributed by atoms with Gasteiger partial charge in [-0.2, -0.15) is 0 Å². The smallest absolute Gasteiger partial charge is 0.256 e. The Morgan fingerprint density at radius 3 is 2.67 bits per heavy atom. The van der Waals surface area contributed by atoms with Gasteiger partial charge in [0.1, 0.15) is 6.26 Å². The molecule has 1 atom stereocenters. The van der Waals surface area contributed by atoms with E-state index in [1.807, 2.05) is 6.92 Å². The summed E-state index contributed by atoms with van der Waals surface area (Å²) in [6.45, 7) is 11.6. The van der Waals surface area contributed by atoms with E-state index in [4.69, 9.17) is 4.42 Å². The molecule has 15 heavy (non-hydrogen) atoms. The van der Waals surface area contributed by atoms with Gasteiger partial charge in [0.2, 0.25) is 0 Å². The predicted octanol–water partition coefficient (Wildman–Crippen LogP) is 2.85. The largest absolute Gasteiger partial charge is 0.440 e. The van der Waals surface area contributed by atoms with Crippen molar-refractivity contribution in [3.8, 4) is 0 Å². The van der Waals surface area contributed by atoms with Crippen LogP contribution in [-0.2, 0) is 0 Å². The summed E-state index contributed by atoms with van der Waals surface area (Å²) >= 11 is 1.66. The van der Waals surface area contributed by atoms with Crippen LogP contribution in [0.1, 0.15) is 33.4 Å². The first-order valence-electron chi connectivity index (χ1n) is 5.20. The zero-order valence-electron chi connectivity index (χ0n) is 10.1. The molecule has 0 saturated carbocycles. The number of thioether (sulfide) groups is 1. The van der Waals surface area contributed by atoms with Gasteiger partial charge in [0, 0.05) is 17.3 Å². The van der Waals surface area contributed by atoms with Crippen molar-refractivity contribution in [3.05, 3.63) is 12.0 Å². The molecule has 1 aromatic rings. The van der Waals surface area contributed by atoms with E-state index in [1.165, 1.54) is 0 Å². The van der Waals surface area contributed by atoms with Gasteiger partial charge in [-0.25, -0.2) is 4.98 Å². The highest BCUT2D eigenvalue weighted by Gasteiger charge is 2.13. The molecule has 1 unspecified atom stereocenters. The van der Waals surface area contributed by atoms with Crippen molar-refractivity contribution in [2.24, 2.45) is 0 Å². The summed E-state index contributed by atoms with van der Waals surface area (Å²) in [5, 5.41) is 4.68. The molecule has 0 saturated heterocycles. The third-order valence-electron chi connectivity index (χ3n) is 1.82. The quantitative estimate of drug-likeness (QED) is 0.804. The molecule has 0 amide bonds. The van der Waals surface area contributed by atoms with Crippen LogP contribution in [0.2, 0.25) is 0 Å². The Morgan fingerprint density at radius 2 is 2.20 bits per heavy atom. The minimum atomic E-state index is 0.168. The first kappa shape index (κ1) is 12.6. The molecule has 1 rings (SSSR count). The SMILES string of the molecule is Cc1coc(SC(C)CNC(C)(C)C)n1. The average molecular weight is 228 g/mol. The molecule has 3 nitrogen and oxygen atoms in total. The molecular formula is C11H20N2OS. The Balaban J connectivity index is 2.33. The maximum atomic E-state index is 5.29. The van der Waals surface area contributed by atoms with Crippen LogP contribution in [0.25, 0.3) is 0 Å². The number of nitrogens with zero attached hydrogens (tertiary/aromatic N) is 1. The van der Waals surface area contributed by atoms with E-state index in [9.17, 15) is 0 Å². The Bertz CT molecular complexity index is 304. The van der Waals surface area contributed by atoms with E-state index in [0.29, 0.717) is 5.25 Å². The van der Waals surface area contributed by atoms with Crippen molar-refractivity contribution >= 4 is 11.8 Å². The van der Waals surface area contributed by atoms with E-state index < -0.39 is 0 Å². The predicted molar refractivity (Wildman–Crippen MR) is 64.3 cm³/mol. The Labute approximate surface area is 96.0 Å². The fraction of sp³-hybridized carbons (Fsp3) is 0.727. The summed E-state index contributed by atoms with van der Waals surface area (Å²) in [5.74, 6) is 0. The van der Waals surface area contributed by atoms with E-state index in [1.54, 1.807) is 18.0 Å². The molecule has 0 aliphatic heterocycles. The maximum Gasteiger partial charge on any atom is 0.256 e. The number of aromatic nitrogens is 1. The number of aryl methyl sites for hydroxylation is 1. The second-order valence-electron chi connectivity index (χ2n) is 4.81. The van der Waals surface area contributed by atoms with Gasteiger partial charge >= 0.3 is 0 Å². The van der Waals surface area contributed by atoms with Crippen molar-refractivity contribution in [2.45, 2.75) is 50.6 Å². The standard InChI is InChI=1S/C11H20N2OS/c1-8-7-14-10(13-8)15-9(2)6-12-11(3,4)5/h7,9,12H,6H2,1-5H3. The normalized spacial score (nSPS) is 14.2. The molecule has 86 valence electrons. The van der Waals surface area contributed by atoms with E-state index in [0.717, 1.165) is 17.5 Å². The van der Waals surface area contributed by atoms with Gasteiger partial charge in [0.05, 0.1) is 5.69 Å². The lowest BCUT2D eigenvalue weighted by Gasteiger charge is -2.22. The van der Waals surface area contributed by atoms with Gasteiger partial charge in [0.25, 0.3) is 5.22 Å². The molecule has 1 heterocycles. The summed E-state index contributed by atoms with van der Waals surface area (Å²) in [7, 11) is 0. The number of hydrogen-bond donors (Lipinski definition) is 1. The first-order valence-corrected chi connectivity index (χ1v) is 6.08. The van der Waals surface area contributed by atoms with Gasteiger partial charge in [-0.1, -0.05) is 18.7 Å². The van der Waals surface area contributed by atoms with Crippen LogP contribution in [0, 0.1) is 6.92 Å². The lowest BCUT2D eigenvalue weighted by molar-refractivity contribution is 0.425. The van der Waals surface area contributed by atoms with E-state index in [2.05, 4.69) is 38.0 Å². The second-order valence-corrected chi connectivity index (χ2v) is 6.20. The zero-order valence-corrected chi connectivity index (χ0v) is 10.9. The number of oxazole rings is 1. The number of hydrogen-bond acceptors (Lipinski definition) is 4. The van der Waals surface area contributed by atoms with Gasteiger partial charge in [-0.15, -0.1) is 0 Å². The third-order valence-corrected chi connectivity index (χ3v) is 2.78. The fourth-order valence-corrected chi connectivity index (χ4v) is 1.86. The molecule has 1 N–H and O–H groups in total. The summed E-state index contributed by atoms with van der Waals surface area (Å²) in [6.07, 6.45) is 1.69. The summed E-state index contributed by atoms with van der Waals surface area (Å²) in [6, 6.07) is 0. The first-order chi connectivity index (χ1) is 6.87. The molecule has 1 aromatic heterocycles. The molecule has 0 fully saturated rings. The fourth-order valence-electron chi connectivity index (χ4n) is 1.05. The molecule has 0 aliphatic rings. The minimum absolute atomic E-state index is 0.168. The zero-order chi connectivity index (χ0) is 11.5. The monoisotopic (exact) mass is 228 g/mol. The summed E-state index contributed by atoms with van der Waals surface area (Å²) in [5.41, 5.74) is 1.11.